The number of benzene rings is 5. The molecule has 10 heterocycles. The van der Waals surface area contributed by atoms with Crippen LogP contribution in [0.5, 0.6) is 0 Å². The van der Waals surface area contributed by atoms with Gasteiger partial charge in [0.15, 0.2) is 0 Å². The number of nitrogens with zero attached hydrogens (tertiary/aromatic N) is 5. The molecule has 5 aromatic heterocycles. The van der Waals surface area contributed by atoms with E-state index >= 15 is 0 Å². The Morgan fingerprint density at radius 2 is 0.688 bits per heavy atom. The topological polar surface area (TPSA) is 388 Å². The van der Waals surface area contributed by atoms with Gasteiger partial charge in [0.1, 0.15) is 105 Å². The summed E-state index contributed by atoms with van der Waals surface area (Å²) in [4.78, 5) is 101. The second-order valence-electron chi connectivity index (χ2n) is 26.4. The highest BCUT2D eigenvalue weighted by atomic mass is 35.5. The van der Waals surface area contributed by atoms with Crippen molar-refractivity contribution in [2.75, 3.05) is 44.2 Å². The number of carboxylic acid groups (broad SMARTS) is 3. The van der Waals surface area contributed by atoms with Gasteiger partial charge in [-0.25, -0.2) is 4.39 Å². The zero-order valence-electron chi connectivity index (χ0n) is 64.5. The van der Waals surface area contributed by atoms with Crippen LogP contribution in [0.1, 0.15) is 45.5 Å². The summed E-state index contributed by atoms with van der Waals surface area (Å²) in [5, 5.41) is 27.3. The maximum Gasteiger partial charge on any atom is 0.323 e. The molecule has 27 nitrogen and oxygen atoms in total. The molecular weight excluding hydrogens is 1890 g/mol. The molecule has 5 aromatic carbocycles. The van der Waals surface area contributed by atoms with Gasteiger partial charge >= 0.3 is 17.9 Å². The van der Waals surface area contributed by atoms with Crippen LogP contribution in [0, 0.1) is 26.6 Å². The normalized spacial score (nSPS) is 16.4. The van der Waals surface area contributed by atoms with E-state index in [1.165, 1.54) is 24.3 Å². The molecule has 0 radical (unpaired) electrons. The lowest BCUT2D eigenvalue weighted by Gasteiger charge is -2.12. The molecule has 5 saturated heterocycles. The Morgan fingerprint density at radius 1 is 0.376 bits per heavy atom. The number of rotatable bonds is 22. The van der Waals surface area contributed by atoms with Gasteiger partial charge in [0.2, 0.25) is 0 Å². The third-order valence-corrected chi connectivity index (χ3v) is 26.3. The lowest BCUT2D eigenvalue weighted by atomic mass is 10.1. The second-order valence-corrected chi connectivity index (χ2v) is 38.8. The van der Waals surface area contributed by atoms with Crippen LogP contribution in [-0.4, -0.2) is 179 Å². The number of thioether (sulfide) groups is 5. The van der Waals surface area contributed by atoms with Crippen molar-refractivity contribution in [3.63, 3.8) is 0 Å². The number of aryl methyl sites for hydroxylation is 3. The Hall–Kier alpha value is -10.5. The first-order chi connectivity index (χ1) is 59.2. The van der Waals surface area contributed by atoms with Gasteiger partial charge in [0, 0.05) is 71.3 Å². The van der Waals surface area contributed by atoms with Crippen molar-refractivity contribution in [1.82, 2.24) is 24.5 Å². The fourth-order valence-electron chi connectivity index (χ4n) is 11.3. The van der Waals surface area contributed by atoms with Gasteiger partial charge in [-0.2, -0.15) is 16.8 Å². The third-order valence-electron chi connectivity index (χ3n) is 17.3. The summed E-state index contributed by atoms with van der Waals surface area (Å²) >= 11 is 42.5. The van der Waals surface area contributed by atoms with E-state index in [2.05, 4.69) is 0 Å². The van der Waals surface area contributed by atoms with Crippen molar-refractivity contribution < 1.29 is 106 Å². The van der Waals surface area contributed by atoms with E-state index in [0.717, 1.165) is 122 Å². The van der Waals surface area contributed by atoms with Gasteiger partial charge in [-0.15, -0.1) is 0 Å². The van der Waals surface area contributed by atoms with E-state index in [4.69, 9.17) is 131 Å². The summed E-state index contributed by atoms with van der Waals surface area (Å²) in [6.45, 7) is 4.26. The summed E-state index contributed by atoms with van der Waals surface area (Å²) < 4.78 is 104. The number of hydrogen-bond acceptors (Lipinski definition) is 27. The molecule has 0 aliphatic carbocycles. The Kier molecular flexibility index (Phi) is 32.1. The molecule has 5 aliphatic rings. The van der Waals surface area contributed by atoms with E-state index in [1.54, 1.807) is 91.0 Å². The molecule has 0 bridgehead atoms. The SMILES string of the molecule is Cc1ccc(-c2ccc(/C=C3\SC(=S)N(CC(=O)O)C3=O)o2)cc1.Cc1cccc(-c2ccc(/C=C3\SC(=S)N(CC(=O)O)C3=O)o2)c1.Cc1ccccc1-c1ccc(/C=C2\SC(=S)N(CC(=O)O)C2=O)o1.O=C1/C(=C/c2ccc(-c3ccc(Cl)c(Cl)c3)o2)SC(=S)N1CCS(=O)(=O)O.O=C1/C(=C/c2ccc(-c3ccc(F)cc3)o2)SC(=S)N1CCS(=O)(=O)O. The highest BCUT2D eigenvalue weighted by Gasteiger charge is 2.38. The largest absolute Gasteiger partial charge is 0.480 e. The van der Waals surface area contributed by atoms with Gasteiger partial charge in [0.05, 0.1) is 46.1 Å². The fraction of sp³-hybridized carbons (Fsp3) is 0.120. The zero-order chi connectivity index (χ0) is 90.5. The predicted octanol–water partition coefficient (Wildman–Crippen LogP) is 18.1. The number of aliphatic carboxylic acids is 3. The van der Waals surface area contributed by atoms with Crippen LogP contribution < -0.4 is 0 Å². The van der Waals surface area contributed by atoms with Gasteiger partial charge in [-0.05, 0) is 136 Å². The van der Waals surface area contributed by atoms with Gasteiger partial charge in [0.25, 0.3) is 49.8 Å². The molecule has 5 aliphatic heterocycles. The molecule has 15 rings (SSSR count). The minimum Gasteiger partial charge on any atom is -0.480 e. The number of carbonyl (C=O) groups excluding carboxylic acids is 5. The number of halogens is 3. The molecule has 0 saturated carbocycles. The molecule has 125 heavy (non-hydrogen) atoms. The number of hydrogen-bond donors (Lipinski definition) is 5. The minimum absolute atomic E-state index is 0.204. The first-order valence-electron chi connectivity index (χ1n) is 35.9. The molecule has 0 unspecified atom stereocenters. The smallest absolute Gasteiger partial charge is 0.323 e. The van der Waals surface area contributed by atoms with Crippen LogP contribution in [0.2, 0.25) is 10.0 Å². The summed E-state index contributed by atoms with van der Waals surface area (Å²) in [7, 11) is -8.38. The molecule has 42 heteroatoms. The van der Waals surface area contributed by atoms with Crippen molar-refractivity contribution in [3.05, 3.63) is 262 Å². The van der Waals surface area contributed by atoms with Crippen molar-refractivity contribution >= 4 is 263 Å². The predicted molar refractivity (Wildman–Crippen MR) is 500 cm³/mol. The second kappa shape index (κ2) is 42.2. The van der Waals surface area contributed by atoms with E-state index in [-0.39, 0.29) is 45.4 Å². The molecule has 10 aromatic rings. The zero-order valence-corrected chi connectivity index (χ0v) is 75.8. The van der Waals surface area contributed by atoms with Crippen LogP contribution in [0.3, 0.4) is 0 Å². The average molecular weight is 1960 g/mol. The molecule has 5 N–H and O–H groups in total. The van der Waals surface area contributed by atoms with E-state index in [1.807, 2.05) is 112 Å². The summed E-state index contributed by atoms with van der Waals surface area (Å²) in [5.74, 6) is -1.46. The van der Waals surface area contributed by atoms with E-state index < -0.39 is 98.8 Å². The molecule has 5 amide bonds. The van der Waals surface area contributed by atoms with Crippen LogP contribution in [-0.2, 0) is 58.6 Å². The highest BCUT2D eigenvalue weighted by molar-refractivity contribution is 8.28. The molecule has 5 fully saturated rings. The summed E-state index contributed by atoms with van der Waals surface area (Å²) in [6, 6.07) is 52.1. The monoisotopic (exact) mass is 1950 g/mol. The summed E-state index contributed by atoms with van der Waals surface area (Å²) in [6.07, 6.45) is 7.77. The first kappa shape index (κ1) is 95.2. The van der Waals surface area contributed by atoms with Crippen molar-refractivity contribution in [1.29, 1.82) is 0 Å². The Bertz CT molecular complexity index is 6430. The van der Waals surface area contributed by atoms with E-state index in [0.29, 0.717) is 92.8 Å². The van der Waals surface area contributed by atoms with Crippen LogP contribution in [0.4, 0.5) is 4.39 Å². The molecule has 0 atom stereocenters. The summed E-state index contributed by atoms with van der Waals surface area (Å²) in [5.41, 5.74) is 7.66. The lowest BCUT2D eigenvalue weighted by Crippen LogP contribution is -2.33. The number of thiocarbonyl (C=S) groups is 5. The molecule has 644 valence electrons. The van der Waals surface area contributed by atoms with Crippen LogP contribution >= 0.6 is 143 Å². The average Bonchev–Trinajstić information content (AvgIpc) is 1.68. The molecular formula is C83H62Cl2FN5O22S12. The number of amides is 5. The maximum absolute atomic E-state index is 13.0. The Morgan fingerprint density at radius 3 is 1.03 bits per heavy atom. The quantitative estimate of drug-likeness (QED) is 0.0239. The highest BCUT2D eigenvalue weighted by Crippen LogP contribution is 2.40. The van der Waals surface area contributed by atoms with Crippen molar-refractivity contribution in [3.8, 4) is 56.6 Å². The molecule has 0 spiro atoms. The van der Waals surface area contributed by atoms with E-state index in [9.17, 15) is 59.6 Å². The minimum atomic E-state index is -4.19. The maximum atomic E-state index is 13.0. The first-order valence-corrected chi connectivity index (χ1v) is 46.0. The van der Waals surface area contributed by atoms with Crippen LogP contribution in [0.25, 0.3) is 87.0 Å². The number of carboxylic acids is 3. The standard InChI is InChI=1S/3C17H13NO4S2.C16H11Cl2NO5S3.C16H12FNO5S3/c1-10-2-4-11(5-3-10)13-7-6-12(22-13)8-14-16(21)18(9-15(19)20)17(23)24-14;1-10-3-2-4-11(7-10)13-6-5-12(22-13)8-14-16(21)18(9-15(19)20)17(23)24-14;1-10-4-2-3-5-12(10)13-7-6-11(22-13)8-14-16(21)18(9-15(19)20)17(23)24-14;17-11-3-1-9(7-12(11)18)13-4-2-10(24-13)8-14-15(20)19(16(25)26-14)5-6-27(21,22)23;17-11-3-1-10(2-4-11)13-6-5-12(23-13)9-14-15(19)18(16(24)25-14)7-8-26(20,21)22/h3*2-8H,9H2,1H3,(H,19,20);1-4,7-8H,5-6H2,(H,21,22,23);1-6,9H,7-8H2,(H,20,21,22)/b4*14-8-;14-9-. The third kappa shape index (κ3) is 26.1. The number of carbonyl (C=O) groups is 8. The van der Waals surface area contributed by atoms with Gasteiger partial charge < -0.3 is 37.4 Å². The van der Waals surface area contributed by atoms with Gasteiger partial charge in [-0.1, -0.05) is 221 Å². The van der Waals surface area contributed by atoms with Crippen molar-refractivity contribution in [2.45, 2.75) is 20.8 Å². The fourth-order valence-corrected chi connectivity index (χ4v) is 18.7. The number of furan rings is 5. The lowest BCUT2D eigenvalue weighted by molar-refractivity contribution is -0.140. The Balaban J connectivity index is 0.000000152. The van der Waals surface area contributed by atoms with Gasteiger partial charge in [-0.3, -0.25) is 72.0 Å². The van der Waals surface area contributed by atoms with Crippen LogP contribution in [0.15, 0.2) is 223 Å². The van der Waals surface area contributed by atoms with Crippen molar-refractivity contribution in [2.24, 2.45) is 0 Å². The Labute approximate surface area is 769 Å².